The van der Waals surface area contributed by atoms with Crippen LogP contribution in [0.25, 0.3) is 11.5 Å². The van der Waals surface area contributed by atoms with Gasteiger partial charge in [-0.15, -0.1) is 33.6 Å². The minimum atomic E-state index is -4.73. The van der Waals surface area contributed by atoms with Crippen molar-refractivity contribution in [2.24, 2.45) is 0 Å². The van der Waals surface area contributed by atoms with E-state index < -0.39 is 6.36 Å². The van der Waals surface area contributed by atoms with E-state index in [9.17, 15) is 13.2 Å². The van der Waals surface area contributed by atoms with Gasteiger partial charge in [-0.1, -0.05) is 40.8 Å². The van der Waals surface area contributed by atoms with Crippen LogP contribution in [-0.2, 0) is 0 Å². The van der Waals surface area contributed by atoms with Gasteiger partial charge < -0.3 is 14.5 Å². The van der Waals surface area contributed by atoms with Gasteiger partial charge in [0.1, 0.15) is 5.75 Å². The number of aryl methyl sites for hydroxylation is 1. The number of halogens is 3. The van der Waals surface area contributed by atoms with Crippen LogP contribution < -0.4 is 10.1 Å². The van der Waals surface area contributed by atoms with Crippen LogP contribution in [0, 0.1) is 6.92 Å². The Morgan fingerprint density at radius 3 is 2.41 bits per heavy atom. The van der Waals surface area contributed by atoms with Crippen molar-refractivity contribution in [2.75, 3.05) is 5.32 Å². The average Bonchev–Trinajstić information content (AvgIpc) is 3.39. The number of thioether (sulfide) groups is 1. The summed E-state index contributed by atoms with van der Waals surface area (Å²) in [4.78, 5) is 0. The summed E-state index contributed by atoms with van der Waals surface area (Å²) in [6.07, 6.45) is -4.73. The molecule has 0 aliphatic rings. The molecule has 4 rings (SSSR count). The second-order valence-corrected chi connectivity index (χ2v) is 9.21. The Labute approximate surface area is 189 Å². The fourth-order valence-corrected chi connectivity index (χ4v) is 4.53. The molecular formula is C20H16F3N5O2S2. The number of anilines is 2. The minimum Gasteiger partial charge on any atom is -0.419 e. The highest BCUT2D eigenvalue weighted by atomic mass is 32.2. The van der Waals surface area contributed by atoms with Crippen LogP contribution in [0.4, 0.5) is 24.0 Å². The molecule has 0 radical (unpaired) electrons. The molecule has 2 heterocycles. The standard InChI is InChI=1S/C20H16F3N5O2S2/c1-11-3-5-13(6-4-11)17-26-25-16(29-17)12(2)31-19-28-27-18(32-19)24-14-7-9-15(10-8-14)30-20(21,22)23/h3-10,12H,1-2H3,(H,24,27). The average molecular weight is 480 g/mol. The Hall–Kier alpha value is -3.12. The molecule has 0 saturated carbocycles. The molecule has 1 N–H and O–H groups in total. The molecule has 0 bridgehead atoms. The fraction of sp³-hybridized carbons (Fsp3) is 0.200. The number of benzene rings is 2. The summed E-state index contributed by atoms with van der Waals surface area (Å²) in [7, 11) is 0. The number of alkyl halides is 3. The van der Waals surface area contributed by atoms with E-state index in [1.165, 1.54) is 47.4 Å². The van der Waals surface area contributed by atoms with Crippen molar-refractivity contribution < 1.29 is 22.3 Å². The zero-order valence-electron chi connectivity index (χ0n) is 16.8. The number of nitrogens with one attached hydrogen (secondary N) is 1. The SMILES string of the molecule is Cc1ccc(-c2nnc(C(C)Sc3nnc(Nc4ccc(OC(F)(F)F)cc4)s3)o2)cc1. The topological polar surface area (TPSA) is 86.0 Å². The summed E-state index contributed by atoms with van der Waals surface area (Å²) in [5.41, 5.74) is 2.55. The molecule has 0 aliphatic heterocycles. The maximum absolute atomic E-state index is 12.2. The third-order valence-corrected chi connectivity index (χ3v) is 6.12. The highest BCUT2D eigenvalue weighted by molar-refractivity contribution is 8.01. The molecule has 12 heteroatoms. The molecule has 0 spiro atoms. The summed E-state index contributed by atoms with van der Waals surface area (Å²) in [5.74, 6) is 0.621. The van der Waals surface area contributed by atoms with E-state index in [4.69, 9.17) is 4.42 Å². The lowest BCUT2D eigenvalue weighted by molar-refractivity contribution is -0.274. The van der Waals surface area contributed by atoms with Gasteiger partial charge in [-0.25, -0.2) is 0 Å². The van der Waals surface area contributed by atoms with Gasteiger partial charge in [0.05, 0.1) is 5.25 Å². The fourth-order valence-electron chi connectivity index (χ4n) is 2.58. The third kappa shape index (κ3) is 5.77. The maximum atomic E-state index is 12.2. The molecule has 166 valence electrons. The number of hydrogen-bond donors (Lipinski definition) is 1. The Morgan fingerprint density at radius 2 is 1.72 bits per heavy atom. The molecule has 0 aliphatic carbocycles. The number of nitrogens with zero attached hydrogens (tertiary/aromatic N) is 4. The first-order valence-corrected chi connectivity index (χ1v) is 11.0. The van der Waals surface area contributed by atoms with Crippen LogP contribution in [0.15, 0.2) is 57.3 Å². The van der Waals surface area contributed by atoms with Gasteiger partial charge in [0, 0.05) is 11.3 Å². The molecule has 4 aromatic rings. The third-order valence-electron chi connectivity index (χ3n) is 4.11. The largest absolute Gasteiger partial charge is 0.573 e. The first kappa shape index (κ1) is 22.1. The predicted molar refractivity (Wildman–Crippen MR) is 115 cm³/mol. The molecule has 2 aromatic heterocycles. The van der Waals surface area contributed by atoms with Crippen molar-refractivity contribution in [1.82, 2.24) is 20.4 Å². The number of ether oxygens (including phenoxy) is 1. The van der Waals surface area contributed by atoms with Crippen LogP contribution in [0.3, 0.4) is 0 Å². The van der Waals surface area contributed by atoms with Crippen molar-refractivity contribution in [1.29, 1.82) is 0 Å². The molecule has 0 amide bonds. The van der Waals surface area contributed by atoms with Crippen molar-refractivity contribution in [2.45, 2.75) is 29.8 Å². The first-order chi connectivity index (χ1) is 15.2. The monoisotopic (exact) mass is 479 g/mol. The van der Waals surface area contributed by atoms with E-state index in [-0.39, 0.29) is 11.0 Å². The lowest BCUT2D eigenvalue weighted by Crippen LogP contribution is -2.16. The van der Waals surface area contributed by atoms with E-state index in [2.05, 4.69) is 30.4 Å². The van der Waals surface area contributed by atoms with Gasteiger partial charge >= 0.3 is 6.36 Å². The Kier molecular flexibility index (Phi) is 6.33. The van der Waals surface area contributed by atoms with E-state index in [0.717, 1.165) is 11.1 Å². The van der Waals surface area contributed by atoms with Crippen LogP contribution >= 0.6 is 23.1 Å². The van der Waals surface area contributed by atoms with E-state index in [1.54, 1.807) is 0 Å². The van der Waals surface area contributed by atoms with Gasteiger partial charge in [-0.2, -0.15) is 0 Å². The molecular weight excluding hydrogens is 463 g/mol. The second kappa shape index (κ2) is 9.17. The summed E-state index contributed by atoms with van der Waals surface area (Å²) >= 11 is 2.71. The first-order valence-electron chi connectivity index (χ1n) is 9.28. The van der Waals surface area contributed by atoms with Crippen LogP contribution in [0.5, 0.6) is 5.75 Å². The summed E-state index contributed by atoms with van der Waals surface area (Å²) in [5, 5.41) is 19.8. The van der Waals surface area contributed by atoms with Gasteiger partial charge in [0.15, 0.2) is 4.34 Å². The molecule has 7 nitrogen and oxygen atoms in total. The second-order valence-electron chi connectivity index (χ2n) is 6.64. The molecule has 0 fully saturated rings. The molecule has 1 unspecified atom stereocenters. The minimum absolute atomic E-state index is 0.152. The normalized spacial score (nSPS) is 12.5. The lowest BCUT2D eigenvalue weighted by atomic mass is 10.1. The Morgan fingerprint density at radius 1 is 1.00 bits per heavy atom. The van der Waals surface area contributed by atoms with Crippen molar-refractivity contribution in [3.8, 4) is 17.2 Å². The molecule has 0 saturated heterocycles. The van der Waals surface area contributed by atoms with Crippen LogP contribution in [-0.4, -0.2) is 26.8 Å². The maximum Gasteiger partial charge on any atom is 0.573 e. The quantitative estimate of drug-likeness (QED) is 0.305. The number of rotatable bonds is 7. The van der Waals surface area contributed by atoms with E-state index in [0.29, 0.717) is 26.9 Å². The van der Waals surface area contributed by atoms with Gasteiger partial charge in [0.25, 0.3) is 0 Å². The van der Waals surface area contributed by atoms with Crippen molar-refractivity contribution >= 4 is 33.9 Å². The van der Waals surface area contributed by atoms with E-state index in [1.807, 2.05) is 38.1 Å². The molecule has 1 atom stereocenters. The van der Waals surface area contributed by atoms with Gasteiger partial charge in [-0.05, 0) is 50.2 Å². The summed E-state index contributed by atoms with van der Waals surface area (Å²) < 4.78 is 47.1. The lowest BCUT2D eigenvalue weighted by Gasteiger charge is -2.09. The van der Waals surface area contributed by atoms with Crippen LogP contribution in [0.1, 0.15) is 23.6 Å². The Bertz CT molecular complexity index is 1180. The number of aromatic nitrogens is 4. The highest BCUT2D eigenvalue weighted by Crippen LogP contribution is 2.38. The van der Waals surface area contributed by atoms with Gasteiger partial charge in [-0.3, -0.25) is 0 Å². The smallest absolute Gasteiger partial charge is 0.419 e. The number of hydrogen-bond acceptors (Lipinski definition) is 9. The van der Waals surface area contributed by atoms with Crippen molar-refractivity contribution in [3.05, 3.63) is 60.0 Å². The zero-order chi connectivity index (χ0) is 22.7. The van der Waals surface area contributed by atoms with E-state index >= 15 is 0 Å². The predicted octanol–water partition coefficient (Wildman–Crippen LogP) is 6.39. The highest BCUT2D eigenvalue weighted by Gasteiger charge is 2.31. The summed E-state index contributed by atoms with van der Waals surface area (Å²) in [6, 6.07) is 13.2. The molecule has 2 aromatic carbocycles. The van der Waals surface area contributed by atoms with Crippen LogP contribution in [0.2, 0.25) is 0 Å². The Balaban J connectivity index is 1.36. The summed E-state index contributed by atoms with van der Waals surface area (Å²) in [6.45, 7) is 3.93. The zero-order valence-corrected chi connectivity index (χ0v) is 18.4. The van der Waals surface area contributed by atoms with Crippen molar-refractivity contribution in [3.63, 3.8) is 0 Å². The van der Waals surface area contributed by atoms with Gasteiger partial charge in [0.2, 0.25) is 16.9 Å². The molecule has 32 heavy (non-hydrogen) atoms.